The summed E-state index contributed by atoms with van der Waals surface area (Å²) in [6.45, 7) is 7.01. The van der Waals surface area contributed by atoms with Crippen LogP contribution in [0.15, 0.2) is 48.5 Å². The molecule has 0 aromatic heterocycles. The van der Waals surface area contributed by atoms with E-state index >= 15 is 0 Å². The number of rotatable bonds is 6. The van der Waals surface area contributed by atoms with Crippen LogP contribution in [0.2, 0.25) is 0 Å². The zero-order chi connectivity index (χ0) is 20.8. The van der Waals surface area contributed by atoms with E-state index in [4.69, 9.17) is 4.74 Å². The third-order valence-electron chi connectivity index (χ3n) is 5.29. The summed E-state index contributed by atoms with van der Waals surface area (Å²) in [6.07, 6.45) is 0.307. The van der Waals surface area contributed by atoms with E-state index in [1.165, 1.54) is 18.2 Å². The smallest absolute Gasteiger partial charge is 0.224 e. The molecule has 3 rings (SSSR count). The Labute approximate surface area is 172 Å². The van der Waals surface area contributed by atoms with Crippen LogP contribution in [0.25, 0.3) is 0 Å². The lowest BCUT2D eigenvalue weighted by molar-refractivity contribution is -0.131. The second kappa shape index (κ2) is 9.45. The average molecular weight is 396 g/mol. The lowest BCUT2D eigenvalue weighted by atomic mass is 10.2. The predicted molar refractivity (Wildman–Crippen MR) is 116 cm³/mol. The first-order valence-corrected chi connectivity index (χ1v) is 9.99. The Hall–Kier alpha value is -3.02. The zero-order valence-electron chi connectivity index (χ0n) is 17.4. The average Bonchev–Trinajstić information content (AvgIpc) is 2.74. The van der Waals surface area contributed by atoms with Gasteiger partial charge in [-0.2, -0.15) is 0 Å². The third-order valence-corrected chi connectivity index (χ3v) is 5.29. The minimum Gasteiger partial charge on any atom is -0.497 e. The molecule has 2 aromatic rings. The highest BCUT2D eigenvalue weighted by Gasteiger charge is 2.22. The van der Waals surface area contributed by atoms with Crippen molar-refractivity contribution in [2.45, 2.75) is 20.3 Å². The number of methoxy groups -OCH3 is 1. The van der Waals surface area contributed by atoms with Crippen molar-refractivity contribution >= 4 is 23.2 Å². The lowest BCUT2D eigenvalue weighted by Crippen LogP contribution is -2.49. The Morgan fingerprint density at radius 3 is 2.41 bits per heavy atom. The molecule has 1 saturated heterocycles. The number of carbonyl (C=O) groups excluding carboxylic acids is 2. The summed E-state index contributed by atoms with van der Waals surface area (Å²) >= 11 is 0. The molecule has 1 heterocycles. The first kappa shape index (κ1) is 20.7. The lowest BCUT2D eigenvalue weighted by Gasteiger charge is -2.36. The standard InChI is InChI=1S/C23H29N3O3/c1-18-6-4-7-20(16-18)24-12-14-25(15-13-24)23(28)10-11-26(19(2)27)21-8-5-9-22(17-21)29-3/h4-9,16-17H,10-15H2,1-3H3. The molecule has 0 aliphatic carbocycles. The summed E-state index contributed by atoms with van der Waals surface area (Å²) in [5.41, 5.74) is 3.19. The molecule has 29 heavy (non-hydrogen) atoms. The fraction of sp³-hybridized carbons (Fsp3) is 0.391. The molecule has 0 N–H and O–H groups in total. The summed E-state index contributed by atoms with van der Waals surface area (Å²) in [6, 6.07) is 15.8. The van der Waals surface area contributed by atoms with Crippen LogP contribution in [0.4, 0.5) is 11.4 Å². The molecule has 0 saturated carbocycles. The van der Waals surface area contributed by atoms with Gasteiger partial charge in [0.25, 0.3) is 0 Å². The van der Waals surface area contributed by atoms with Gasteiger partial charge >= 0.3 is 0 Å². The van der Waals surface area contributed by atoms with Gasteiger partial charge in [-0.25, -0.2) is 0 Å². The van der Waals surface area contributed by atoms with E-state index in [0.717, 1.165) is 18.8 Å². The van der Waals surface area contributed by atoms with Crippen LogP contribution in [-0.4, -0.2) is 56.5 Å². The normalized spacial score (nSPS) is 13.9. The van der Waals surface area contributed by atoms with Crippen LogP contribution >= 0.6 is 0 Å². The van der Waals surface area contributed by atoms with Gasteiger partial charge in [0.05, 0.1) is 7.11 Å². The minimum absolute atomic E-state index is 0.0861. The summed E-state index contributed by atoms with van der Waals surface area (Å²) in [5, 5.41) is 0. The van der Waals surface area contributed by atoms with Crippen molar-refractivity contribution in [1.29, 1.82) is 0 Å². The molecule has 0 radical (unpaired) electrons. The van der Waals surface area contributed by atoms with Crippen molar-refractivity contribution in [3.05, 3.63) is 54.1 Å². The number of piperazine rings is 1. The summed E-state index contributed by atoms with van der Waals surface area (Å²) < 4.78 is 5.24. The molecule has 0 unspecified atom stereocenters. The second-order valence-electron chi connectivity index (χ2n) is 7.33. The highest BCUT2D eigenvalue weighted by Crippen LogP contribution is 2.22. The summed E-state index contributed by atoms with van der Waals surface area (Å²) in [5.74, 6) is 0.686. The van der Waals surface area contributed by atoms with Crippen LogP contribution in [-0.2, 0) is 9.59 Å². The number of amides is 2. The van der Waals surface area contributed by atoms with Crippen LogP contribution in [0.5, 0.6) is 5.75 Å². The SMILES string of the molecule is COc1cccc(N(CCC(=O)N2CCN(c3cccc(C)c3)CC2)C(C)=O)c1. The van der Waals surface area contributed by atoms with Crippen LogP contribution in [0.1, 0.15) is 18.9 Å². The quantitative estimate of drug-likeness (QED) is 0.754. The van der Waals surface area contributed by atoms with Crippen molar-refractivity contribution in [2.75, 3.05) is 49.6 Å². The molecule has 6 heteroatoms. The Morgan fingerprint density at radius 2 is 1.76 bits per heavy atom. The van der Waals surface area contributed by atoms with Crippen LogP contribution in [0.3, 0.4) is 0 Å². The van der Waals surface area contributed by atoms with Crippen molar-refractivity contribution in [3.8, 4) is 5.75 Å². The second-order valence-corrected chi connectivity index (χ2v) is 7.33. The molecule has 6 nitrogen and oxygen atoms in total. The first-order valence-electron chi connectivity index (χ1n) is 9.99. The van der Waals surface area contributed by atoms with Gasteiger partial charge in [0, 0.05) is 63.5 Å². The van der Waals surface area contributed by atoms with E-state index in [2.05, 4.69) is 36.1 Å². The van der Waals surface area contributed by atoms with E-state index in [1.54, 1.807) is 12.0 Å². The maximum absolute atomic E-state index is 12.7. The number of benzene rings is 2. The van der Waals surface area contributed by atoms with Gasteiger partial charge < -0.3 is 19.4 Å². The molecule has 2 aromatic carbocycles. The molecular formula is C23H29N3O3. The van der Waals surface area contributed by atoms with E-state index in [0.29, 0.717) is 31.8 Å². The fourth-order valence-electron chi connectivity index (χ4n) is 3.65. The number of carbonyl (C=O) groups is 2. The molecule has 1 fully saturated rings. The van der Waals surface area contributed by atoms with Crippen molar-refractivity contribution in [3.63, 3.8) is 0 Å². The van der Waals surface area contributed by atoms with E-state index in [9.17, 15) is 9.59 Å². The molecule has 1 aliphatic heterocycles. The molecule has 0 spiro atoms. The Balaban J connectivity index is 1.55. The zero-order valence-corrected chi connectivity index (χ0v) is 17.4. The van der Waals surface area contributed by atoms with Gasteiger partial charge in [-0.1, -0.05) is 18.2 Å². The maximum Gasteiger partial charge on any atom is 0.224 e. The van der Waals surface area contributed by atoms with Gasteiger partial charge in [-0.15, -0.1) is 0 Å². The Morgan fingerprint density at radius 1 is 1.03 bits per heavy atom. The van der Waals surface area contributed by atoms with Gasteiger partial charge in [-0.05, 0) is 36.8 Å². The van der Waals surface area contributed by atoms with E-state index in [-0.39, 0.29) is 11.8 Å². The van der Waals surface area contributed by atoms with Crippen LogP contribution in [0, 0.1) is 6.92 Å². The summed E-state index contributed by atoms with van der Waals surface area (Å²) in [4.78, 5) is 30.7. The number of hydrogen-bond donors (Lipinski definition) is 0. The highest BCUT2D eigenvalue weighted by molar-refractivity contribution is 5.92. The predicted octanol–water partition coefficient (Wildman–Crippen LogP) is 3.10. The topological polar surface area (TPSA) is 53.1 Å². The monoisotopic (exact) mass is 395 g/mol. The number of nitrogens with zero attached hydrogens (tertiary/aromatic N) is 3. The van der Waals surface area contributed by atoms with Crippen molar-refractivity contribution in [1.82, 2.24) is 4.90 Å². The fourth-order valence-corrected chi connectivity index (χ4v) is 3.65. The maximum atomic E-state index is 12.7. The molecule has 0 bridgehead atoms. The van der Waals surface area contributed by atoms with Gasteiger partial charge in [0.15, 0.2) is 0 Å². The first-order chi connectivity index (χ1) is 14.0. The van der Waals surface area contributed by atoms with Crippen molar-refractivity contribution < 1.29 is 14.3 Å². The van der Waals surface area contributed by atoms with Gasteiger partial charge in [0.2, 0.25) is 11.8 Å². The molecule has 154 valence electrons. The van der Waals surface area contributed by atoms with Crippen LogP contribution < -0.4 is 14.5 Å². The van der Waals surface area contributed by atoms with Gasteiger partial charge in [0.1, 0.15) is 5.75 Å². The molecule has 0 atom stereocenters. The van der Waals surface area contributed by atoms with E-state index < -0.39 is 0 Å². The Bertz CT molecular complexity index is 860. The van der Waals surface area contributed by atoms with E-state index in [1.807, 2.05) is 29.2 Å². The number of anilines is 2. The largest absolute Gasteiger partial charge is 0.497 e. The minimum atomic E-state index is -0.0877. The molecule has 2 amide bonds. The number of hydrogen-bond acceptors (Lipinski definition) is 4. The van der Waals surface area contributed by atoms with Crippen molar-refractivity contribution in [2.24, 2.45) is 0 Å². The van der Waals surface area contributed by atoms with Gasteiger partial charge in [-0.3, -0.25) is 9.59 Å². The molecule has 1 aliphatic rings. The summed E-state index contributed by atoms with van der Waals surface area (Å²) in [7, 11) is 1.59. The third kappa shape index (κ3) is 5.28. The highest BCUT2D eigenvalue weighted by atomic mass is 16.5. The Kier molecular flexibility index (Phi) is 6.75. The molecular weight excluding hydrogens is 366 g/mol. The number of ether oxygens (including phenoxy) is 1. The number of aryl methyl sites for hydroxylation is 1.